The molecule has 0 spiro atoms. The molecule has 0 fully saturated rings. The molecular formula is C12H27NO3. The fraction of sp³-hybridized carbons (Fsp3) is 1.00. The maximum absolute atomic E-state index is 9.44. The van der Waals surface area contributed by atoms with Crippen molar-refractivity contribution in [2.75, 3.05) is 32.9 Å². The van der Waals surface area contributed by atoms with Crippen LogP contribution in [0.25, 0.3) is 0 Å². The molecule has 0 heterocycles. The molecule has 0 saturated carbocycles. The second-order valence-electron chi connectivity index (χ2n) is 4.14. The molecule has 0 aliphatic heterocycles. The van der Waals surface area contributed by atoms with Crippen LogP contribution in [-0.4, -0.2) is 50.2 Å². The lowest BCUT2D eigenvalue weighted by molar-refractivity contribution is 0.0426. The van der Waals surface area contributed by atoms with Crippen LogP contribution in [0, 0.1) is 0 Å². The maximum Gasteiger partial charge on any atom is 0.0897 e. The highest BCUT2D eigenvalue weighted by molar-refractivity contribution is 4.58. The molecule has 98 valence electrons. The zero-order valence-electron chi connectivity index (χ0n) is 10.9. The van der Waals surface area contributed by atoms with E-state index in [4.69, 9.17) is 9.47 Å². The summed E-state index contributed by atoms with van der Waals surface area (Å²) in [5, 5.41) is 12.6. The first kappa shape index (κ1) is 15.8. The Morgan fingerprint density at radius 2 is 2.00 bits per heavy atom. The molecule has 0 bridgehead atoms. The summed E-state index contributed by atoms with van der Waals surface area (Å²) < 4.78 is 10.5. The Hall–Kier alpha value is -0.160. The number of ether oxygens (including phenoxy) is 2. The molecule has 0 amide bonds. The Labute approximate surface area is 99.3 Å². The maximum atomic E-state index is 9.44. The van der Waals surface area contributed by atoms with Crippen LogP contribution in [0.3, 0.4) is 0 Å². The Bertz CT molecular complexity index is 142. The largest absolute Gasteiger partial charge is 0.389 e. The van der Waals surface area contributed by atoms with Crippen molar-refractivity contribution in [2.24, 2.45) is 0 Å². The minimum Gasteiger partial charge on any atom is -0.389 e. The van der Waals surface area contributed by atoms with Gasteiger partial charge in [-0.05, 0) is 40.2 Å². The lowest BCUT2D eigenvalue weighted by Crippen LogP contribution is -2.31. The Morgan fingerprint density at radius 3 is 2.62 bits per heavy atom. The summed E-state index contributed by atoms with van der Waals surface area (Å²) in [7, 11) is 0. The fourth-order valence-electron chi connectivity index (χ4n) is 1.25. The lowest BCUT2D eigenvalue weighted by atomic mass is 10.3. The monoisotopic (exact) mass is 233 g/mol. The molecule has 0 aromatic rings. The Balaban J connectivity index is 3.08. The second kappa shape index (κ2) is 11.3. The van der Waals surface area contributed by atoms with Crippen LogP contribution in [-0.2, 0) is 9.47 Å². The van der Waals surface area contributed by atoms with Crippen molar-refractivity contribution in [3.05, 3.63) is 0 Å². The first-order valence-corrected chi connectivity index (χ1v) is 6.25. The van der Waals surface area contributed by atoms with Gasteiger partial charge in [-0.1, -0.05) is 0 Å². The van der Waals surface area contributed by atoms with E-state index in [0.717, 1.165) is 26.0 Å². The van der Waals surface area contributed by atoms with E-state index < -0.39 is 6.10 Å². The standard InChI is InChI=1S/C12H27NO3/c1-4-15-10-12(14)9-13-7-5-6-8-16-11(2)3/h11-14H,4-10H2,1-3H3. The third-order valence-electron chi connectivity index (χ3n) is 2.09. The van der Waals surface area contributed by atoms with Crippen LogP contribution < -0.4 is 5.32 Å². The van der Waals surface area contributed by atoms with E-state index >= 15 is 0 Å². The topological polar surface area (TPSA) is 50.7 Å². The molecule has 1 atom stereocenters. The molecule has 2 N–H and O–H groups in total. The summed E-state index contributed by atoms with van der Waals surface area (Å²) in [6.45, 7) is 9.43. The number of unbranched alkanes of at least 4 members (excludes halogenated alkanes) is 1. The van der Waals surface area contributed by atoms with Crippen molar-refractivity contribution < 1.29 is 14.6 Å². The van der Waals surface area contributed by atoms with E-state index in [-0.39, 0.29) is 0 Å². The van der Waals surface area contributed by atoms with Gasteiger partial charge in [0, 0.05) is 19.8 Å². The normalized spacial score (nSPS) is 13.3. The summed E-state index contributed by atoms with van der Waals surface area (Å²) in [5.74, 6) is 0. The molecule has 4 heteroatoms. The van der Waals surface area contributed by atoms with Gasteiger partial charge < -0.3 is 19.9 Å². The smallest absolute Gasteiger partial charge is 0.0897 e. The first-order chi connectivity index (χ1) is 7.66. The Kier molecular flexibility index (Phi) is 11.2. The van der Waals surface area contributed by atoms with Crippen LogP contribution in [0.4, 0.5) is 0 Å². The van der Waals surface area contributed by atoms with Gasteiger partial charge in [0.2, 0.25) is 0 Å². The van der Waals surface area contributed by atoms with Gasteiger partial charge in [0.1, 0.15) is 0 Å². The van der Waals surface area contributed by atoms with Gasteiger partial charge in [0.05, 0.1) is 18.8 Å². The third kappa shape index (κ3) is 11.9. The summed E-state index contributed by atoms with van der Waals surface area (Å²) in [5.41, 5.74) is 0. The van der Waals surface area contributed by atoms with E-state index in [0.29, 0.717) is 25.9 Å². The molecule has 4 nitrogen and oxygen atoms in total. The van der Waals surface area contributed by atoms with Crippen molar-refractivity contribution in [1.82, 2.24) is 5.32 Å². The highest BCUT2D eigenvalue weighted by Crippen LogP contribution is 1.93. The number of aliphatic hydroxyl groups is 1. The van der Waals surface area contributed by atoms with Crippen molar-refractivity contribution in [3.63, 3.8) is 0 Å². The van der Waals surface area contributed by atoms with Gasteiger partial charge in [-0.2, -0.15) is 0 Å². The van der Waals surface area contributed by atoms with E-state index in [1.165, 1.54) is 0 Å². The number of hydrogen-bond acceptors (Lipinski definition) is 4. The molecule has 0 saturated heterocycles. The number of aliphatic hydroxyl groups excluding tert-OH is 1. The van der Waals surface area contributed by atoms with Crippen molar-refractivity contribution in [3.8, 4) is 0 Å². The average Bonchev–Trinajstić information content (AvgIpc) is 2.24. The summed E-state index contributed by atoms with van der Waals surface area (Å²) in [6.07, 6.45) is 2.06. The van der Waals surface area contributed by atoms with Crippen molar-refractivity contribution in [2.45, 2.75) is 45.8 Å². The zero-order valence-corrected chi connectivity index (χ0v) is 10.9. The first-order valence-electron chi connectivity index (χ1n) is 6.25. The zero-order chi connectivity index (χ0) is 12.2. The molecule has 0 rings (SSSR count). The minimum atomic E-state index is -0.396. The number of hydrogen-bond donors (Lipinski definition) is 2. The average molecular weight is 233 g/mol. The van der Waals surface area contributed by atoms with Crippen LogP contribution in [0.5, 0.6) is 0 Å². The van der Waals surface area contributed by atoms with E-state index in [2.05, 4.69) is 5.32 Å². The highest BCUT2D eigenvalue weighted by Gasteiger charge is 2.02. The van der Waals surface area contributed by atoms with Gasteiger partial charge in [0.25, 0.3) is 0 Å². The summed E-state index contributed by atoms with van der Waals surface area (Å²) in [6, 6.07) is 0. The fourth-order valence-corrected chi connectivity index (χ4v) is 1.25. The van der Waals surface area contributed by atoms with Gasteiger partial charge in [-0.25, -0.2) is 0 Å². The molecule has 0 radical (unpaired) electrons. The summed E-state index contributed by atoms with van der Waals surface area (Å²) in [4.78, 5) is 0. The minimum absolute atomic E-state index is 0.320. The molecule has 0 aliphatic carbocycles. The third-order valence-corrected chi connectivity index (χ3v) is 2.09. The highest BCUT2D eigenvalue weighted by atomic mass is 16.5. The van der Waals surface area contributed by atoms with E-state index in [1.54, 1.807) is 0 Å². The Morgan fingerprint density at radius 1 is 1.25 bits per heavy atom. The van der Waals surface area contributed by atoms with Crippen LogP contribution in [0.2, 0.25) is 0 Å². The van der Waals surface area contributed by atoms with Crippen LogP contribution >= 0.6 is 0 Å². The number of nitrogens with one attached hydrogen (secondary N) is 1. The van der Waals surface area contributed by atoms with Gasteiger partial charge in [0.15, 0.2) is 0 Å². The molecule has 0 aromatic carbocycles. The number of rotatable bonds is 11. The van der Waals surface area contributed by atoms with Crippen LogP contribution in [0.1, 0.15) is 33.6 Å². The van der Waals surface area contributed by atoms with E-state index in [9.17, 15) is 5.11 Å². The molecule has 16 heavy (non-hydrogen) atoms. The predicted molar refractivity (Wildman–Crippen MR) is 65.7 cm³/mol. The predicted octanol–water partition coefficient (Wildman–Crippen LogP) is 1.18. The summed E-state index contributed by atoms with van der Waals surface area (Å²) >= 11 is 0. The van der Waals surface area contributed by atoms with Crippen LogP contribution in [0.15, 0.2) is 0 Å². The van der Waals surface area contributed by atoms with Crippen molar-refractivity contribution >= 4 is 0 Å². The second-order valence-corrected chi connectivity index (χ2v) is 4.14. The molecule has 1 unspecified atom stereocenters. The quantitative estimate of drug-likeness (QED) is 0.526. The van der Waals surface area contributed by atoms with E-state index in [1.807, 2.05) is 20.8 Å². The molecular weight excluding hydrogens is 206 g/mol. The van der Waals surface area contributed by atoms with Crippen molar-refractivity contribution in [1.29, 1.82) is 0 Å². The molecule has 0 aromatic heterocycles. The van der Waals surface area contributed by atoms with Gasteiger partial charge in [-0.3, -0.25) is 0 Å². The van der Waals surface area contributed by atoms with Gasteiger partial charge in [-0.15, -0.1) is 0 Å². The SMILES string of the molecule is CCOCC(O)CNCCCCOC(C)C. The lowest BCUT2D eigenvalue weighted by Gasteiger charge is -2.11. The molecule has 0 aliphatic rings. The van der Waals surface area contributed by atoms with Gasteiger partial charge >= 0.3 is 0 Å².